The van der Waals surface area contributed by atoms with E-state index in [2.05, 4.69) is 28.2 Å². The van der Waals surface area contributed by atoms with Gasteiger partial charge in [0.1, 0.15) is 5.75 Å². The van der Waals surface area contributed by atoms with Crippen LogP contribution in [0.15, 0.2) is 36.4 Å². The number of anilines is 2. The van der Waals surface area contributed by atoms with Gasteiger partial charge in [-0.05, 0) is 43.2 Å². The molecule has 1 amide bonds. The van der Waals surface area contributed by atoms with Crippen molar-refractivity contribution in [2.24, 2.45) is 5.92 Å². The minimum atomic E-state index is -0.00328. The first-order valence-electron chi connectivity index (χ1n) is 8.62. The van der Waals surface area contributed by atoms with Crippen LogP contribution in [0.1, 0.15) is 11.1 Å². The summed E-state index contributed by atoms with van der Waals surface area (Å²) in [5.74, 6) is 0.887. The number of rotatable bonds is 4. The molecule has 0 radical (unpaired) electrons. The lowest BCUT2D eigenvalue weighted by Gasteiger charge is -2.38. The normalized spacial score (nSPS) is 14.3. The third-order valence-corrected chi connectivity index (χ3v) is 6.07. The Morgan fingerprint density at radius 1 is 1.27 bits per heavy atom. The number of hydrogen-bond acceptors (Lipinski definition) is 5. The first kappa shape index (κ1) is 16.8. The van der Waals surface area contributed by atoms with Crippen molar-refractivity contribution < 1.29 is 9.53 Å². The van der Waals surface area contributed by atoms with E-state index in [-0.39, 0.29) is 11.8 Å². The molecule has 1 saturated heterocycles. The Balaban J connectivity index is 1.42. The van der Waals surface area contributed by atoms with Crippen molar-refractivity contribution in [1.82, 2.24) is 4.98 Å². The number of methoxy groups -OCH3 is 1. The van der Waals surface area contributed by atoms with Crippen LogP contribution in [0.25, 0.3) is 10.2 Å². The van der Waals surface area contributed by atoms with Gasteiger partial charge in [-0.1, -0.05) is 23.5 Å². The van der Waals surface area contributed by atoms with Gasteiger partial charge in [0.15, 0.2) is 5.13 Å². The highest BCUT2D eigenvalue weighted by molar-refractivity contribution is 7.22. The molecular weight excluding hydrogens is 346 g/mol. The molecule has 0 unspecified atom stereocenters. The molecule has 26 heavy (non-hydrogen) atoms. The number of carbonyl (C=O) groups excluding carboxylic acids is 1. The molecule has 134 valence electrons. The minimum absolute atomic E-state index is 0.00328. The van der Waals surface area contributed by atoms with E-state index in [1.165, 1.54) is 5.56 Å². The minimum Gasteiger partial charge on any atom is -0.497 e. The topological polar surface area (TPSA) is 54.5 Å². The molecule has 0 bridgehead atoms. The predicted octanol–water partition coefficient (Wildman–Crippen LogP) is 4.00. The molecule has 4 rings (SSSR count). The highest BCUT2D eigenvalue weighted by atomic mass is 32.1. The summed E-state index contributed by atoms with van der Waals surface area (Å²) in [6.45, 7) is 5.49. The molecule has 6 heteroatoms. The number of fused-ring (bicyclic) bond motifs is 1. The number of nitrogens with one attached hydrogen (secondary N) is 1. The average Bonchev–Trinajstić information content (AvgIpc) is 3.00. The Kier molecular flexibility index (Phi) is 4.28. The van der Waals surface area contributed by atoms with Crippen molar-refractivity contribution in [1.29, 1.82) is 0 Å². The Morgan fingerprint density at radius 2 is 2.08 bits per heavy atom. The number of thiazole rings is 1. The second kappa shape index (κ2) is 6.61. The van der Waals surface area contributed by atoms with Gasteiger partial charge in [0, 0.05) is 24.8 Å². The van der Waals surface area contributed by atoms with Crippen molar-refractivity contribution in [2.45, 2.75) is 13.8 Å². The maximum absolute atomic E-state index is 12.5. The number of ether oxygens (including phenoxy) is 1. The lowest BCUT2D eigenvalue weighted by atomic mass is 9.99. The first-order chi connectivity index (χ1) is 12.5. The van der Waals surface area contributed by atoms with Crippen LogP contribution in [-0.4, -0.2) is 31.1 Å². The second-order valence-electron chi connectivity index (χ2n) is 6.67. The van der Waals surface area contributed by atoms with E-state index >= 15 is 0 Å². The summed E-state index contributed by atoms with van der Waals surface area (Å²) in [7, 11) is 1.66. The zero-order valence-electron chi connectivity index (χ0n) is 15.1. The largest absolute Gasteiger partial charge is 0.497 e. The van der Waals surface area contributed by atoms with E-state index in [0.29, 0.717) is 13.1 Å². The van der Waals surface area contributed by atoms with Crippen LogP contribution in [0.2, 0.25) is 0 Å². The fourth-order valence-electron chi connectivity index (χ4n) is 3.08. The molecule has 2 heterocycles. The summed E-state index contributed by atoms with van der Waals surface area (Å²) in [5, 5.41) is 4.03. The SMILES string of the molecule is COc1ccc2sc(N3CC(C(=O)Nc4cccc(C)c4C)C3)nc2c1. The van der Waals surface area contributed by atoms with Gasteiger partial charge in [0.25, 0.3) is 0 Å². The van der Waals surface area contributed by atoms with Crippen molar-refractivity contribution in [3.8, 4) is 5.75 Å². The third-order valence-electron chi connectivity index (χ3n) is 4.97. The van der Waals surface area contributed by atoms with Crippen LogP contribution in [-0.2, 0) is 4.79 Å². The maximum Gasteiger partial charge on any atom is 0.231 e. The standard InChI is InChI=1S/C20H21N3O2S/c1-12-5-4-6-16(13(12)2)21-19(24)14-10-23(11-14)20-22-17-9-15(25-3)7-8-18(17)26-20/h4-9,14H,10-11H2,1-3H3,(H,21,24). The van der Waals surface area contributed by atoms with Crippen molar-refractivity contribution >= 4 is 38.3 Å². The number of nitrogens with zero attached hydrogens (tertiary/aromatic N) is 2. The second-order valence-corrected chi connectivity index (χ2v) is 7.68. The van der Waals surface area contributed by atoms with Crippen LogP contribution in [0, 0.1) is 19.8 Å². The van der Waals surface area contributed by atoms with E-state index < -0.39 is 0 Å². The molecule has 1 fully saturated rings. The number of carbonyl (C=O) groups is 1. The molecule has 1 aliphatic heterocycles. The Morgan fingerprint density at radius 3 is 2.85 bits per heavy atom. The molecule has 0 saturated carbocycles. The lowest BCUT2D eigenvalue weighted by Crippen LogP contribution is -2.52. The van der Waals surface area contributed by atoms with Crippen LogP contribution >= 0.6 is 11.3 Å². The highest BCUT2D eigenvalue weighted by Crippen LogP contribution is 2.34. The summed E-state index contributed by atoms with van der Waals surface area (Å²) >= 11 is 1.65. The van der Waals surface area contributed by atoms with Crippen LogP contribution in [0.4, 0.5) is 10.8 Å². The van der Waals surface area contributed by atoms with Crippen LogP contribution in [0.5, 0.6) is 5.75 Å². The van der Waals surface area contributed by atoms with Crippen molar-refractivity contribution in [3.63, 3.8) is 0 Å². The molecule has 0 spiro atoms. The molecule has 5 nitrogen and oxygen atoms in total. The fraction of sp³-hybridized carbons (Fsp3) is 0.300. The molecular formula is C20H21N3O2S. The summed E-state index contributed by atoms with van der Waals surface area (Å²) in [6, 6.07) is 11.9. The molecule has 0 aliphatic carbocycles. The van der Waals surface area contributed by atoms with Crippen molar-refractivity contribution in [2.75, 3.05) is 30.4 Å². The summed E-state index contributed by atoms with van der Waals surface area (Å²) in [6.07, 6.45) is 0. The van der Waals surface area contributed by atoms with Crippen LogP contribution < -0.4 is 15.0 Å². The van der Waals surface area contributed by atoms with E-state index in [4.69, 9.17) is 4.74 Å². The van der Waals surface area contributed by atoms with E-state index in [1.807, 2.05) is 37.3 Å². The van der Waals surface area contributed by atoms with Gasteiger partial charge in [-0.2, -0.15) is 0 Å². The number of aromatic nitrogens is 1. The molecule has 1 N–H and O–H groups in total. The zero-order valence-corrected chi connectivity index (χ0v) is 15.9. The fourth-order valence-corrected chi connectivity index (χ4v) is 4.04. The van der Waals surface area contributed by atoms with Crippen molar-refractivity contribution in [3.05, 3.63) is 47.5 Å². The average molecular weight is 367 g/mol. The zero-order chi connectivity index (χ0) is 18.3. The molecule has 1 aliphatic rings. The van der Waals surface area contributed by atoms with Gasteiger partial charge < -0.3 is 15.0 Å². The van der Waals surface area contributed by atoms with Gasteiger partial charge in [-0.15, -0.1) is 0 Å². The Hall–Kier alpha value is -2.60. The lowest BCUT2D eigenvalue weighted by molar-refractivity contribution is -0.120. The summed E-state index contributed by atoms with van der Waals surface area (Å²) in [4.78, 5) is 19.4. The van der Waals surface area contributed by atoms with Gasteiger partial charge in [-0.25, -0.2) is 4.98 Å². The molecule has 1 aromatic heterocycles. The monoisotopic (exact) mass is 367 g/mol. The quantitative estimate of drug-likeness (QED) is 0.757. The van der Waals surface area contributed by atoms with Gasteiger partial charge in [-0.3, -0.25) is 4.79 Å². The number of benzene rings is 2. The Bertz CT molecular complexity index is 976. The number of aryl methyl sites for hydroxylation is 1. The first-order valence-corrected chi connectivity index (χ1v) is 9.43. The third kappa shape index (κ3) is 3.01. The highest BCUT2D eigenvalue weighted by Gasteiger charge is 2.34. The Labute approximate surface area is 156 Å². The van der Waals surface area contributed by atoms with E-state index in [9.17, 15) is 4.79 Å². The number of amides is 1. The van der Waals surface area contributed by atoms with E-state index in [0.717, 1.165) is 32.3 Å². The van der Waals surface area contributed by atoms with Gasteiger partial charge in [0.05, 0.1) is 23.2 Å². The molecule has 0 atom stereocenters. The maximum atomic E-state index is 12.5. The summed E-state index contributed by atoms with van der Waals surface area (Å²) in [5.41, 5.74) is 4.15. The van der Waals surface area contributed by atoms with Gasteiger partial charge >= 0.3 is 0 Å². The molecule has 3 aromatic rings. The predicted molar refractivity (Wildman–Crippen MR) is 106 cm³/mol. The van der Waals surface area contributed by atoms with Crippen LogP contribution in [0.3, 0.4) is 0 Å². The molecule has 2 aromatic carbocycles. The van der Waals surface area contributed by atoms with Gasteiger partial charge in [0.2, 0.25) is 5.91 Å². The summed E-state index contributed by atoms with van der Waals surface area (Å²) < 4.78 is 6.38. The van der Waals surface area contributed by atoms with E-state index in [1.54, 1.807) is 18.4 Å². The smallest absolute Gasteiger partial charge is 0.231 e. The number of hydrogen-bond donors (Lipinski definition) is 1.